The number of nitriles is 2. The first kappa shape index (κ1) is 27.0. The molecule has 2 aromatic heterocycles. The lowest BCUT2D eigenvalue weighted by molar-refractivity contribution is -0.184. The van der Waals surface area contributed by atoms with Crippen LogP contribution in [0.1, 0.15) is 22.5 Å². The molecule has 7 rings (SSSR count). The van der Waals surface area contributed by atoms with Crippen LogP contribution in [0, 0.1) is 28.5 Å². The van der Waals surface area contributed by atoms with Crippen LogP contribution in [0.25, 0.3) is 11.0 Å². The average Bonchev–Trinajstić information content (AvgIpc) is 3.67. The lowest BCUT2D eigenvalue weighted by Crippen LogP contribution is -2.46. The molecule has 4 aromatic rings. The minimum atomic E-state index is -0.981. The van der Waals surface area contributed by atoms with Crippen molar-refractivity contribution in [2.24, 2.45) is 0 Å². The van der Waals surface area contributed by atoms with E-state index in [1.54, 1.807) is 18.2 Å². The summed E-state index contributed by atoms with van der Waals surface area (Å²) in [7, 11) is 0. The SMILES string of the molecule is N#CCn1c(CN2CC3=C(C2)CN(c2cccc(OCc4ccc(C#N)cc4F)n2)C3)nc2ccc(C3(O)COC3)cc21. The van der Waals surface area contributed by atoms with E-state index in [0.29, 0.717) is 18.0 Å². The predicted molar refractivity (Wildman–Crippen MR) is 154 cm³/mol. The van der Waals surface area contributed by atoms with Crippen LogP contribution in [0.3, 0.4) is 0 Å². The van der Waals surface area contributed by atoms with E-state index in [1.807, 2.05) is 41.0 Å². The van der Waals surface area contributed by atoms with E-state index in [2.05, 4.69) is 20.9 Å². The topological polar surface area (TPSA) is 123 Å². The summed E-state index contributed by atoms with van der Waals surface area (Å²) in [6, 6.07) is 19.8. The monoisotopic (exact) mass is 577 g/mol. The molecule has 10 nitrogen and oxygen atoms in total. The number of halogens is 1. The zero-order valence-corrected chi connectivity index (χ0v) is 23.3. The van der Waals surface area contributed by atoms with Gasteiger partial charge in [0.1, 0.15) is 36.2 Å². The zero-order valence-electron chi connectivity index (χ0n) is 23.3. The molecule has 1 fully saturated rings. The van der Waals surface area contributed by atoms with E-state index in [1.165, 1.54) is 17.2 Å². The van der Waals surface area contributed by atoms with E-state index in [0.717, 1.165) is 54.4 Å². The summed E-state index contributed by atoms with van der Waals surface area (Å²) in [5.41, 5.74) is 4.78. The van der Waals surface area contributed by atoms with Crippen molar-refractivity contribution in [1.29, 1.82) is 10.5 Å². The number of ether oxygens (including phenoxy) is 2. The minimum Gasteiger partial charge on any atom is -0.473 e. The molecule has 1 N–H and O–H groups in total. The Morgan fingerprint density at radius 3 is 2.51 bits per heavy atom. The Labute approximate surface area is 247 Å². The molecule has 3 aliphatic heterocycles. The maximum absolute atomic E-state index is 14.3. The van der Waals surface area contributed by atoms with Gasteiger partial charge in [-0.05, 0) is 47.0 Å². The van der Waals surface area contributed by atoms with Crippen molar-refractivity contribution in [3.8, 4) is 18.0 Å². The van der Waals surface area contributed by atoms with Gasteiger partial charge in [0.05, 0.1) is 48.5 Å². The second kappa shape index (κ2) is 10.8. The summed E-state index contributed by atoms with van der Waals surface area (Å²) in [6.07, 6.45) is 0. The van der Waals surface area contributed by atoms with E-state index in [9.17, 15) is 14.8 Å². The van der Waals surface area contributed by atoms with Gasteiger partial charge in [0.15, 0.2) is 0 Å². The summed E-state index contributed by atoms with van der Waals surface area (Å²) in [5, 5.41) is 29.2. The van der Waals surface area contributed by atoms with E-state index >= 15 is 0 Å². The van der Waals surface area contributed by atoms with E-state index in [4.69, 9.17) is 19.7 Å². The molecule has 2 aromatic carbocycles. The van der Waals surface area contributed by atoms with Gasteiger partial charge in [-0.1, -0.05) is 18.2 Å². The predicted octanol–water partition coefficient (Wildman–Crippen LogP) is 3.39. The number of fused-ring (bicyclic) bond motifs is 1. The molecule has 0 aliphatic carbocycles. The second-order valence-electron chi connectivity index (χ2n) is 11.2. The van der Waals surface area contributed by atoms with Gasteiger partial charge < -0.3 is 24.0 Å². The highest BCUT2D eigenvalue weighted by atomic mass is 19.1. The molecular weight excluding hydrogens is 549 g/mol. The Balaban J connectivity index is 0.995. The Morgan fingerprint density at radius 2 is 1.81 bits per heavy atom. The van der Waals surface area contributed by atoms with Gasteiger partial charge in [0.2, 0.25) is 5.88 Å². The fourth-order valence-electron chi connectivity index (χ4n) is 5.97. The fourth-order valence-corrected chi connectivity index (χ4v) is 5.97. The number of aliphatic hydroxyl groups is 1. The van der Waals surface area contributed by atoms with Crippen LogP contribution >= 0.6 is 0 Å². The summed E-state index contributed by atoms with van der Waals surface area (Å²) in [4.78, 5) is 14.0. The molecule has 0 atom stereocenters. The Hall–Kier alpha value is -4.81. The molecular formula is C32H28FN7O3. The van der Waals surface area contributed by atoms with Gasteiger partial charge in [-0.25, -0.2) is 9.37 Å². The van der Waals surface area contributed by atoms with Crippen LogP contribution in [-0.4, -0.2) is 63.9 Å². The van der Waals surface area contributed by atoms with Crippen LogP contribution in [0.15, 0.2) is 65.7 Å². The van der Waals surface area contributed by atoms with Gasteiger partial charge in [-0.15, -0.1) is 0 Å². The van der Waals surface area contributed by atoms with E-state index in [-0.39, 0.29) is 31.9 Å². The largest absolute Gasteiger partial charge is 0.473 e. The van der Waals surface area contributed by atoms with Gasteiger partial charge in [0.25, 0.3) is 0 Å². The molecule has 11 heteroatoms. The molecule has 0 unspecified atom stereocenters. The first-order valence-corrected chi connectivity index (χ1v) is 14.0. The minimum absolute atomic E-state index is 0.0187. The zero-order chi connectivity index (χ0) is 29.6. The third kappa shape index (κ3) is 5.08. The maximum Gasteiger partial charge on any atom is 0.215 e. The summed E-state index contributed by atoms with van der Waals surface area (Å²) < 4.78 is 27.2. The quantitative estimate of drug-likeness (QED) is 0.314. The highest BCUT2D eigenvalue weighted by Gasteiger charge is 2.38. The molecule has 1 saturated heterocycles. The normalized spacial score (nSPS) is 17.5. The van der Waals surface area contributed by atoms with E-state index < -0.39 is 11.4 Å². The number of pyridine rings is 1. The Bertz CT molecular complexity index is 1830. The van der Waals surface area contributed by atoms with Crippen LogP contribution in [0.5, 0.6) is 5.88 Å². The molecule has 43 heavy (non-hydrogen) atoms. The molecule has 5 heterocycles. The van der Waals surface area contributed by atoms with Gasteiger partial charge >= 0.3 is 0 Å². The van der Waals surface area contributed by atoms with Gasteiger partial charge in [-0.3, -0.25) is 4.90 Å². The number of hydrogen-bond acceptors (Lipinski definition) is 9. The molecule has 3 aliphatic rings. The molecule has 0 bridgehead atoms. The second-order valence-corrected chi connectivity index (χ2v) is 11.2. The van der Waals surface area contributed by atoms with Crippen LogP contribution in [0.4, 0.5) is 10.2 Å². The van der Waals surface area contributed by atoms with Crippen molar-refractivity contribution >= 4 is 16.9 Å². The summed E-state index contributed by atoms with van der Waals surface area (Å²) in [6.45, 7) is 4.47. The molecule has 0 radical (unpaired) electrons. The van der Waals surface area contributed by atoms with Gasteiger partial charge in [-0.2, -0.15) is 15.5 Å². The number of anilines is 1. The van der Waals surface area contributed by atoms with Crippen LogP contribution in [-0.2, 0) is 30.0 Å². The fraction of sp³-hybridized carbons (Fsp3) is 0.312. The Kier molecular flexibility index (Phi) is 6.79. The maximum atomic E-state index is 14.3. The Morgan fingerprint density at radius 1 is 1.00 bits per heavy atom. The first-order chi connectivity index (χ1) is 20.9. The smallest absolute Gasteiger partial charge is 0.215 e. The van der Waals surface area contributed by atoms with Gasteiger partial charge in [0, 0.05) is 37.8 Å². The standard InChI is InChI=1S/C32H28FN7O3/c33-26-10-21(12-35)4-5-22(26)18-43-31-3-1-2-29(37-31)39-15-23-13-38(14-24(23)16-39)17-30-36-27-7-6-25(32(41)19-42-20-32)11-28(27)40(30)9-8-34/h1-7,10-11,41H,9,13-20H2. The van der Waals surface area contributed by atoms with Crippen molar-refractivity contribution < 1.29 is 19.0 Å². The molecule has 0 spiro atoms. The van der Waals surface area contributed by atoms with Crippen LogP contribution in [0.2, 0.25) is 0 Å². The van der Waals surface area contributed by atoms with Crippen molar-refractivity contribution in [2.75, 3.05) is 44.3 Å². The number of hydrogen-bond donors (Lipinski definition) is 1. The van der Waals surface area contributed by atoms with Crippen LogP contribution < -0.4 is 9.64 Å². The number of rotatable bonds is 8. The molecule has 216 valence electrons. The third-order valence-corrected chi connectivity index (χ3v) is 8.32. The number of aromatic nitrogens is 3. The van der Waals surface area contributed by atoms with Crippen molar-refractivity contribution in [3.63, 3.8) is 0 Å². The highest BCUT2D eigenvalue weighted by molar-refractivity contribution is 5.77. The first-order valence-electron chi connectivity index (χ1n) is 14.0. The summed E-state index contributed by atoms with van der Waals surface area (Å²) >= 11 is 0. The summed E-state index contributed by atoms with van der Waals surface area (Å²) in [5.74, 6) is 1.55. The highest BCUT2D eigenvalue weighted by Crippen LogP contribution is 2.33. The molecule has 0 saturated carbocycles. The number of imidazole rings is 1. The average molecular weight is 578 g/mol. The molecule has 0 amide bonds. The lowest BCUT2D eigenvalue weighted by Gasteiger charge is -2.36. The number of benzene rings is 2. The van der Waals surface area contributed by atoms with Crippen molar-refractivity contribution in [2.45, 2.75) is 25.3 Å². The van der Waals surface area contributed by atoms with Crippen molar-refractivity contribution in [3.05, 3.63) is 94.1 Å². The lowest BCUT2D eigenvalue weighted by atomic mass is 9.92. The number of nitrogens with zero attached hydrogens (tertiary/aromatic N) is 7. The van der Waals surface area contributed by atoms with Crippen molar-refractivity contribution in [1.82, 2.24) is 19.4 Å². The third-order valence-electron chi connectivity index (χ3n) is 8.32.